The minimum atomic E-state index is -0.934. The van der Waals surface area contributed by atoms with Gasteiger partial charge in [-0.3, -0.25) is 14.5 Å². The molecule has 0 aromatic carbocycles. The number of carbonyl (C=O) groups excluding carboxylic acids is 3. The molecule has 118 valence electrons. The Balaban J connectivity index is 1.72. The number of carbonyl (C=O) groups is 3. The van der Waals surface area contributed by atoms with E-state index in [0.717, 1.165) is 37.4 Å². The molecule has 2 rings (SSSR count). The summed E-state index contributed by atoms with van der Waals surface area (Å²) < 4.78 is 5.38. The summed E-state index contributed by atoms with van der Waals surface area (Å²) in [6.45, 7) is 5.12. The Morgan fingerprint density at radius 3 is 2.81 bits per heavy atom. The maximum absolute atomic E-state index is 11.9. The molecule has 0 saturated carbocycles. The topological polar surface area (TPSA) is 87.7 Å². The van der Waals surface area contributed by atoms with Gasteiger partial charge in [-0.25, -0.2) is 4.79 Å². The van der Waals surface area contributed by atoms with Gasteiger partial charge < -0.3 is 15.4 Å². The number of nitrogens with one attached hydrogen (secondary N) is 2. The van der Waals surface area contributed by atoms with Crippen LogP contribution in [0.25, 0.3) is 0 Å². The van der Waals surface area contributed by atoms with Gasteiger partial charge in [0.25, 0.3) is 5.91 Å². The molecule has 0 aromatic heterocycles. The standard InChI is InChI=1S/C14H23N3O4/c1-14(2)12(19)17(13(20)16-14)8-11(18)15-6-5-10-4-3-7-21-9-10/h10H,3-9H2,1-2H3,(H,15,18)(H,16,20). The van der Waals surface area contributed by atoms with Crippen molar-refractivity contribution in [1.82, 2.24) is 15.5 Å². The molecule has 2 aliphatic heterocycles. The van der Waals surface area contributed by atoms with Gasteiger partial charge in [0.2, 0.25) is 5.91 Å². The molecule has 0 aromatic rings. The van der Waals surface area contributed by atoms with E-state index >= 15 is 0 Å². The number of nitrogens with zero attached hydrogens (tertiary/aromatic N) is 1. The molecule has 2 N–H and O–H groups in total. The molecule has 2 heterocycles. The summed E-state index contributed by atoms with van der Waals surface area (Å²) in [5.74, 6) is -0.203. The second-order valence-corrected chi connectivity index (χ2v) is 6.17. The van der Waals surface area contributed by atoms with E-state index in [1.54, 1.807) is 13.8 Å². The van der Waals surface area contributed by atoms with Gasteiger partial charge in [0, 0.05) is 19.8 Å². The summed E-state index contributed by atoms with van der Waals surface area (Å²) >= 11 is 0. The van der Waals surface area contributed by atoms with Gasteiger partial charge in [0.1, 0.15) is 12.1 Å². The number of ether oxygens (including phenoxy) is 1. The lowest BCUT2D eigenvalue weighted by molar-refractivity contribution is -0.134. The van der Waals surface area contributed by atoms with E-state index in [9.17, 15) is 14.4 Å². The summed E-state index contributed by atoms with van der Waals surface area (Å²) in [7, 11) is 0. The summed E-state index contributed by atoms with van der Waals surface area (Å²) in [5.41, 5.74) is -0.934. The predicted octanol–water partition coefficient (Wildman–Crippen LogP) is 0.250. The number of hydrogen-bond donors (Lipinski definition) is 2. The molecule has 0 bridgehead atoms. The van der Waals surface area contributed by atoms with Crippen molar-refractivity contribution in [2.24, 2.45) is 5.92 Å². The SMILES string of the molecule is CC1(C)NC(=O)N(CC(=O)NCCC2CCCOC2)C1=O. The maximum atomic E-state index is 11.9. The third kappa shape index (κ3) is 3.93. The van der Waals surface area contributed by atoms with Crippen molar-refractivity contribution in [1.29, 1.82) is 0 Å². The molecule has 21 heavy (non-hydrogen) atoms. The number of urea groups is 1. The Bertz CT molecular complexity index is 430. The zero-order valence-electron chi connectivity index (χ0n) is 12.6. The van der Waals surface area contributed by atoms with E-state index in [1.807, 2.05) is 0 Å². The van der Waals surface area contributed by atoms with Crippen molar-refractivity contribution >= 4 is 17.8 Å². The molecular formula is C14H23N3O4. The van der Waals surface area contributed by atoms with Crippen LogP contribution in [-0.4, -0.2) is 54.6 Å². The first kappa shape index (κ1) is 15.8. The average Bonchev–Trinajstić information content (AvgIpc) is 2.62. The molecule has 0 spiro atoms. The van der Waals surface area contributed by atoms with Gasteiger partial charge in [-0.15, -0.1) is 0 Å². The minimum absolute atomic E-state index is 0.227. The first-order chi connectivity index (χ1) is 9.90. The fourth-order valence-corrected chi connectivity index (χ4v) is 2.61. The zero-order valence-corrected chi connectivity index (χ0v) is 12.6. The molecule has 7 heteroatoms. The summed E-state index contributed by atoms with van der Waals surface area (Å²) in [6.07, 6.45) is 3.05. The Morgan fingerprint density at radius 2 is 2.24 bits per heavy atom. The third-order valence-electron chi connectivity index (χ3n) is 3.88. The highest BCUT2D eigenvalue weighted by Crippen LogP contribution is 2.17. The minimum Gasteiger partial charge on any atom is -0.381 e. The van der Waals surface area contributed by atoms with E-state index in [4.69, 9.17) is 4.74 Å². The largest absolute Gasteiger partial charge is 0.381 e. The zero-order chi connectivity index (χ0) is 15.5. The molecule has 1 atom stereocenters. The van der Waals surface area contributed by atoms with Crippen molar-refractivity contribution in [3.63, 3.8) is 0 Å². The molecule has 4 amide bonds. The van der Waals surface area contributed by atoms with E-state index in [0.29, 0.717) is 12.5 Å². The molecule has 0 radical (unpaired) electrons. The van der Waals surface area contributed by atoms with Gasteiger partial charge in [-0.2, -0.15) is 0 Å². The van der Waals surface area contributed by atoms with E-state index in [-0.39, 0.29) is 18.4 Å². The molecule has 1 unspecified atom stereocenters. The van der Waals surface area contributed by atoms with Crippen LogP contribution in [0.4, 0.5) is 4.79 Å². The molecule has 0 aliphatic carbocycles. The van der Waals surface area contributed by atoms with Crippen molar-refractivity contribution in [3.05, 3.63) is 0 Å². The first-order valence-electron chi connectivity index (χ1n) is 7.39. The quantitative estimate of drug-likeness (QED) is 0.712. The average molecular weight is 297 g/mol. The number of hydrogen-bond acceptors (Lipinski definition) is 4. The Morgan fingerprint density at radius 1 is 1.48 bits per heavy atom. The summed E-state index contributed by atoms with van der Waals surface area (Å²) in [5, 5.41) is 5.30. The highest BCUT2D eigenvalue weighted by molar-refractivity contribution is 6.08. The molecule has 7 nitrogen and oxygen atoms in total. The second kappa shape index (κ2) is 6.43. The van der Waals surface area contributed by atoms with Gasteiger partial charge >= 0.3 is 6.03 Å². The van der Waals surface area contributed by atoms with Crippen LogP contribution in [0.15, 0.2) is 0 Å². The van der Waals surface area contributed by atoms with E-state index in [2.05, 4.69) is 10.6 Å². The fourth-order valence-electron chi connectivity index (χ4n) is 2.61. The van der Waals surface area contributed by atoms with Crippen LogP contribution in [0.1, 0.15) is 33.1 Å². The van der Waals surface area contributed by atoms with Crippen LogP contribution in [0.3, 0.4) is 0 Å². The van der Waals surface area contributed by atoms with Gasteiger partial charge in [0.15, 0.2) is 0 Å². The monoisotopic (exact) mass is 297 g/mol. The third-order valence-corrected chi connectivity index (χ3v) is 3.88. The maximum Gasteiger partial charge on any atom is 0.325 e. The fraction of sp³-hybridized carbons (Fsp3) is 0.786. The smallest absolute Gasteiger partial charge is 0.325 e. The Hall–Kier alpha value is -1.63. The first-order valence-corrected chi connectivity index (χ1v) is 7.39. The van der Waals surface area contributed by atoms with Crippen molar-refractivity contribution in [2.45, 2.75) is 38.6 Å². The van der Waals surface area contributed by atoms with Gasteiger partial charge in [-0.1, -0.05) is 0 Å². The van der Waals surface area contributed by atoms with Gasteiger partial charge in [-0.05, 0) is 39.0 Å². The van der Waals surface area contributed by atoms with Crippen LogP contribution in [0.2, 0.25) is 0 Å². The molecular weight excluding hydrogens is 274 g/mol. The summed E-state index contributed by atoms with van der Waals surface area (Å²) in [6, 6.07) is -0.513. The number of imide groups is 1. The lowest BCUT2D eigenvalue weighted by Crippen LogP contribution is -2.43. The Labute approximate surface area is 124 Å². The van der Waals surface area contributed by atoms with Crippen LogP contribution < -0.4 is 10.6 Å². The summed E-state index contributed by atoms with van der Waals surface area (Å²) in [4.78, 5) is 36.4. The van der Waals surface area contributed by atoms with Crippen molar-refractivity contribution in [3.8, 4) is 0 Å². The van der Waals surface area contributed by atoms with Crippen molar-refractivity contribution < 1.29 is 19.1 Å². The van der Waals surface area contributed by atoms with Crippen LogP contribution in [0.5, 0.6) is 0 Å². The van der Waals surface area contributed by atoms with E-state index in [1.165, 1.54) is 0 Å². The lowest BCUT2D eigenvalue weighted by atomic mass is 9.99. The van der Waals surface area contributed by atoms with Crippen LogP contribution >= 0.6 is 0 Å². The molecule has 2 aliphatic rings. The number of rotatable bonds is 5. The predicted molar refractivity (Wildman–Crippen MR) is 75.5 cm³/mol. The van der Waals surface area contributed by atoms with Crippen molar-refractivity contribution in [2.75, 3.05) is 26.3 Å². The lowest BCUT2D eigenvalue weighted by Gasteiger charge is -2.22. The van der Waals surface area contributed by atoms with Crippen LogP contribution in [0, 0.1) is 5.92 Å². The van der Waals surface area contributed by atoms with Gasteiger partial charge in [0.05, 0.1) is 0 Å². The number of amides is 4. The Kier molecular flexibility index (Phi) is 4.82. The highest BCUT2D eigenvalue weighted by Gasteiger charge is 2.44. The normalized spacial score (nSPS) is 24.9. The highest BCUT2D eigenvalue weighted by atomic mass is 16.5. The van der Waals surface area contributed by atoms with Crippen LogP contribution in [-0.2, 0) is 14.3 Å². The van der Waals surface area contributed by atoms with E-state index < -0.39 is 11.6 Å². The molecule has 2 saturated heterocycles. The second-order valence-electron chi connectivity index (χ2n) is 6.17. The molecule has 2 fully saturated rings.